The topological polar surface area (TPSA) is 45.5 Å². The Morgan fingerprint density at radius 2 is 1.89 bits per heavy atom. The molecule has 0 bridgehead atoms. The number of hydrogen-bond donors (Lipinski definition) is 1. The van der Waals surface area contributed by atoms with E-state index in [-0.39, 0.29) is 24.3 Å². The largest absolute Gasteiger partial charge is 0.388 e. The zero-order valence-corrected chi connectivity index (χ0v) is 16.2. The number of carbonyl (C=O) groups excluding carboxylic acids is 1. The van der Waals surface area contributed by atoms with E-state index in [4.69, 9.17) is 0 Å². The lowest BCUT2D eigenvalue weighted by molar-refractivity contribution is -0.0000229. The third-order valence-corrected chi connectivity index (χ3v) is 5.65. The molecule has 4 nitrogen and oxygen atoms in total. The van der Waals surface area contributed by atoms with Gasteiger partial charge in [0, 0.05) is 23.0 Å². The van der Waals surface area contributed by atoms with Gasteiger partial charge in [0.05, 0.1) is 18.2 Å². The molecule has 0 aliphatic carbocycles. The molecule has 5 heteroatoms. The second-order valence-corrected chi connectivity index (χ2v) is 8.08. The number of rotatable bonds is 4. The summed E-state index contributed by atoms with van der Waals surface area (Å²) in [5, 5.41) is 11.5. The fraction of sp³-hybridized carbons (Fsp3) is 0.348. The average molecular weight is 380 g/mol. The highest BCUT2D eigenvalue weighted by atomic mass is 19.1. The number of amides is 1. The van der Waals surface area contributed by atoms with Gasteiger partial charge in [0.25, 0.3) is 5.91 Å². The summed E-state index contributed by atoms with van der Waals surface area (Å²) in [4.78, 5) is 15.2. The second-order valence-electron chi connectivity index (χ2n) is 8.08. The standard InChI is InChI=1S/C23H25FN2O2/c1-23(2,28)21-12-7-13-25(21)22(27)20-14-16-8-4-6-11-19(16)26(20)15-17-9-3-5-10-18(17)24/h3-6,8-11,14,21,28H,7,12-13,15H2,1-2H3. The first-order valence-electron chi connectivity index (χ1n) is 9.71. The molecule has 1 amide bonds. The maximum atomic E-state index is 14.3. The second kappa shape index (κ2) is 7.06. The smallest absolute Gasteiger partial charge is 0.270 e. The van der Waals surface area contributed by atoms with Gasteiger partial charge in [-0.15, -0.1) is 0 Å². The van der Waals surface area contributed by atoms with Gasteiger partial charge in [0.2, 0.25) is 0 Å². The van der Waals surface area contributed by atoms with Gasteiger partial charge in [-0.25, -0.2) is 4.39 Å². The molecule has 0 spiro atoms. The third-order valence-electron chi connectivity index (χ3n) is 5.65. The molecular weight excluding hydrogens is 355 g/mol. The maximum Gasteiger partial charge on any atom is 0.270 e. The average Bonchev–Trinajstić information content (AvgIpc) is 3.28. The molecule has 0 radical (unpaired) electrons. The van der Waals surface area contributed by atoms with Crippen LogP contribution in [0, 0.1) is 5.82 Å². The van der Waals surface area contributed by atoms with Gasteiger partial charge in [-0.2, -0.15) is 0 Å². The quantitative estimate of drug-likeness (QED) is 0.737. The number of benzene rings is 2. The number of fused-ring (bicyclic) bond motifs is 1. The van der Waals surface area contributed by atoms with Gasteiger partial charge in [-0.3, -0.25) is 4.79 Å². The minimum atomic E-state index is -0.964. The Morgan fingerprint density at radius 3 is 2.64 bits per heavy atom. The normalized spacial score (nSPS) is 17.4. The van der Waals surface area contributed by atoms with Gasteiger partial charge >= 0.3 is 0 Å². The van der Waals surface area contributed by atoms with Crippen LogP contribution in [0.15, 0.2) is 54.6 Å². The molecule has 1 N–H and O–H groups in total. The molecule has 1 aliphatic rings. The van der Waals surface area contributed by atoms with Crippen molar-refractivity contribution < 1.29 is 14.3 Å². The highest BCUT2D eigenvalue weighted by Gasteiger charge is 2.39. The molecule has 1 aliphatic heterocycles. The predicted octanol–water partition coefficient (Wildman–Crippen LogP) is 4.20. The number of halogens is 1. The minimum Gasteiger partial charge on any atom is -0.388 e. The monoisotopic (exact) mass is 380 g/mol. The van der Waals surface area contributed by atoms with E-state index in [1.54, 1.807) is 36.9 Å². The molecule has 146 valence electrons. The van der Waals surface area contributed by atoms with Crippen molar-refractivity contribution in [3.05, 3.63) is 71.7 Å². The minimum absolute atomic E-state index is 0.114. The van der Waals surface area contributed by atoms with Crippen molar-refractivity contribution in [1.82, 2.24) is 9.47 Å². The number of likely N-dealkylation sites (tertiary alicyclic amines) is 1. The summed E-state index contributed by atoms with van der Waals surface area (Å²) in [6, 6.07) is 16.1. The van der Waals surface area contributed by atoms with Gasteiger partial charge in [0.15, 0.2) is 0 Å². The first kappa shape index (κ1) is 18.7. The summed E-state index contributed by atoms with van der Waals surface area (Å²) in [5.41, 5.74) is 1.00. The molecular formula is C23H25FN2O2. The maximum absolute atomic E-state index is 14.3. The van der Waals surface area contributed by atoms with Crippen molar-refractivity contribution in [3.63, 3.8) is 0 Å². The predicted molar refractivity (Wildman–Crippen MR) is 108 cm³/mol. The molecule has 1 fully saturated rings. The number of aliphatic hydroxyl groups is 1. The third kappa shape index (κ3) is 3.31. The molecule has 4 rings (SSSR count). The van der Waals surface area contributed by atoms with Crippen LogP contribution in [0.2, 0.25) is 0 Å². The van der Waals surface area contributed by atoms with Crippen molar-refractivity contribution in [3.8, 4) is 0 Å². The lowest BCUT2D eigenvalue weighted by atomic mass is 9.96. The molecule has 0 saturated carbocycles. The molecule has 28 heavy (non-hydrogen) atoms. The Hall–Kier alpha value is -2.66. The van der Waals surface area contributed by atoms with Crippen LogP contribution >= 0.6 is 0 Å². The summed E-state index contributed by atoms with van der Waals surface area (Å²) in [6.45, 7) is 4.40. The summed E-state index contributed by atoms with van der Waals surface area (Å²) in [7, 11) is 0. The van der Waals surface area contributed by atoms with E-state index in [0.717, 1.165) is 23.7 Å². The number of nitrogens with zero attached hydrogens (tertiary/aromatic N) is 2. The lowest BCUT2D eigenvalue weighted by Gasteiger charge is -2.34. The van der Waals surface area contributed by atoms with Crippen molar-refractivity contribution in [2.75, 3.05) is 6.54 Å². The van der Waals surface area contributed by atoms with Crippen molar-refractivity contribution in [2.45, 2.75) is 44.9 Å². The van der Waals surface area contributed by atoms with Crippen LogP contribution in [0.5, 0.6) is 0 Å². The van der Waals surface area contributed by atoms with Crippen molar-refractivity contribution in [1.29, 1.82) is 0 Å². The number of para-hydroxylation sites is 1. The Kier molecular flexibility index (Phi) is 4.71. The molecule has 3 aromatic rings. The van der Waals surface area contributed by atoms with Gasteiger partial charge < -0.3 is 14.6 Å². The molecule has 1 atom stereocenters. The van der Waals surface area contributed by atoms with E-state index >= 15 is 0 Å². The number of carbonyl (C=O) groups is 1. The Labute approximate surface area is 164 Å². The van der Waals surface area contributed by atoms with Crippen LogP contribution < -0.4 is 0 Å². The van der Waals surface area contributed by atoms with Gasteiger partial charge in [-0.1, -0.05) is 36.4 Å². The van der Waals surface area contributed by atoms with Crippen molar-refractivity contribution >= 4 is 16.8 Å². The van der Waals surface area contributed by atoms with E-state index in [1.807, 2.05) is 34.9 Å². The highest BCUT2D eigenvalue weighted by Crippen LogP contribution is 2.30. The SMILES string of the molecule is CC(C)(O)C1CCCN1C(=O)c1cc2ccccc2n1Cc1ccccc1F. The van der Waals surface area contributed by atoms with E-state index in [0.29, 0.717) is 17.8 Å². The summed E-state index contributed by atoms with van der Waals surface area (Å²) >= 11 is 0. The molecule has 2 aromatic carbocycles. The van der Waals surface area contributed by atoms with Crippen LogP contribution in [0.4, 0.5) is 4.39 Å². The number of hydrogen-bond acceptors (Lipinski definition) is 2. The summed E-state index contributed by atoms with van der Waals surface area (Å²) in [6.07, 6.45) is 1.65. The first-order valence-corrected chi connectivity index (χ1v) is 9.71. The van der Waals surface area contributed by atoms with E-state index < -0.39 is 5.60 Å². The fourth-order valence-electron chi connectivity index (χ4n) is 4.25. The van der Waals surface area contributed by atoms with Gasteiger partial charge in [0.1, 0.15) is 11.5 Å². The highest BCUT2D eigenvalue weighted by molar-refractivity contribution is 5.99. The van der Waals surface area contributed by atoms with Crippen LogP contribution in [0.25, 0.3) is 10.9 Å². The van der Waals surface area contributed by atoms with Crippen LogP contribution in [-0.2, 0) is 6.54 Å². The Morgan fingerprint density at radius 1 is 1.18 bits per heavy atom. The lowest BCUT2D eigenvalue weighted by Crippen LogP contribution is -2.48. The number of aromatic nitrogens is 1. The summed E-state index contributed by atoms with van der Waals surface area (Å²) < 4.78 is 16.2. The molecule has 2 heterocycles. The molecule has 1 saturated heterocycles. The zero-order valence-electron chi connectivity index (χ0n) is 16.2. The molecule has 1 unspecified atom stereocenters. The van der Waals surface area contributed by atoms with E-state index in [2.05, 4.69) is 0 Å². The van der Waals surface area contributed by atoms with E-state index in [1.165, 1.54) is 6.07 Å². The van der Waals surface area contributed by atoms with Gasteiger partial charge in [-0.05, 0) is 44.9 Å². The Bertz CT molecular complexity index is 1020. The molecule has 1 aromatic heterocycles. The van der Waals surface area contributed by atoms with Crippen LogP contribution in [0.3, 0.4) is 0 Å². The van der Waals surface area contributed by atoms with E-state index in [9.17, 15) is 14.3 Å². The zero-order chi connectivity index (χ0) is 19.9. The summed E-state index contributed by atoms with van der Waals surface area (Å²) in [5.74, 6) is -0.397. The Balaban J connectivity index is 1.79. The van der Waals surface area contributed by atoms with Crippen LogP contribution in [-0.4, -0.2) is 38.7 Å². The first-order chi connectivity index (χ1) is 13.4. The van der Waals surface area contributed by atoms with Crippen molar-refractivity contribution in [2.24, 2.45) is 0 Å². The van der Waals surface area contributed by atoms with Crippen LogP contribution in [0.1, 0.15) is 42.7 Å². The fourth-order valence-corrected chi connectivity index (χ4v) is 4.25.